The van der Waals surface area contributed by atoms with Crippen LogP contribution in [0.25, 0.3) is 0 Å². The van der Waals surface area contributed by atoms with E-state index in [1.807, 2.05) is 0 Å². The van der Waals surface area contributed by atoms with Crippen LogP contribution in [0, 0.1) is 23.7 Å². The van der Waals surface area contributed by atoms with Crippen LogP contribution in [-0.2, 0) is 0 Å². The molecule has 0 amide bonds. The summed E-state index contributed by atoms with van der Waals surface area (Å²) in [6.45, 7) is 15.9. The van der Waals surface area contributed by atoms with Crippen LogP contribution >= 0.6 is 0 Å². The highest BCUT2D eigenvalue weighted by Gasteiger charge is 2.36. The summed E-state index contributed by atoms with van der Waals surface area (Å²) in [6.07, 6.45) is 6.85. The molecule has 1 heterocycles. The average molecular weight is 295 g/mol. The Morgan fingerprint density at radius 1 is 1.00 bits per heavy atom. The molecule has 1 N–H and O–H groups in total. The van der Waals surface area contributed by atoms with Crippen LogP contribution in [0.2, 0.25) is 0 Å². The van der Waals surface area contributed by atoms with Crippen molar-refractivity contribution < 1.29 is 0 Å². The van der Waals surface area contributed by atoms with Gasteiger partial charge in [-0.3, -0.25) is 0 Å². The lowest BCUT2D eigenvalue weighted by atomic mass is 9.71. The highest BCUT2D eigenvalue weighted by Crippen LogP contribution is 2.35. The van der Waals surface area contributed by atoms with Crippen LogP contribution in [0.1, 0.15) is 66.7 Å². The first-order valence-electron chi connectivity index (χ1n) is 9.48. The quantitative estimate of drug-likeness (QED) is 0.819. The molecule has 2 rings (SSSR count). The molecule has 0 aromatic rings. The fourth-order valence-electron chi connectivity index (χ4n) is 4.78. The van der Waals surface area contributed by atoms with Crippen molar-refractivity contribution in [3.63, 3.8) is 0 Å². The Morgan fingerprint density at radius 3 is 2.43 bits per heavy atom. The van der Waals surface area contributed by atoms with E-state index in [1.54, 1.807) is 0 Å². The third kappa shape index (κ3) is 4.69. The zero-order valence-electron chi connectivity index (χ0n) is 15.1. The van der Waals surface area contributed by atoms with Gasteiger partial charge >= 0.3 is 0 Å². The molecule has 1 aliphatic heterocycles. The number of hydrogen-bond acceptors (Lipinski definition) is 2. The van der Waals surface area contributed by atoms with Gasteiger partial charge in [0.15, 0.2) is 0 Å². The third-order valence-corrected chi connectivity index (χ3v) is 6.06. The van der Waals surface area contributed by atoms with Crippen molar-refractivity contribution in [2.75, 3.05) is 19.6 Å². The summed E-state index contributed by atoms with van der Waals surface area (Å²) in [5.74, 6) is 3.54. The molecule has 0 aromatic carbocycles. The van der Waals surface area contributed by atoms with E-state index in [9.17, 15) is 0 Å². The van der Waals surface area contributed by atoms with Crippen LogP contribution in [0.4, 0.5) is 0 Å². The molecule has 124 valence electrons. The predicted molar refractivity (Wildman–Crippen MR) is 92.6 cm³/mol. The van der Waals surface area contributed by atoms with E-state index in [4.69, 9.17) is 0 Å². The number of rotatable bonds is 5. The normalized spacial score (nSPS) is 42.1. The minimum absolute atomic E-state index is 0.746. The minimum Gasteiger partial charge on any atom is -0.314 e. The number of likely N-dealkylation sites (tertiary alicyclic amines) is 1. The standard InChI is InChI=1S/C19H38N2/c1-6-8-20-19-12-15(3)10-16(4)18(19)13-21-9-7-14(2)11-17(21)5/h14-20H,6-13H2,1-5H3. The van der Waals surface area contributed by atoms with Gasteiger partial charge in [0.1, 0.15) is 0 Å². The first-order chi connectivity index (χ1) is 10.0. The maximum Gasteiger partial charge on any atom is 0.0113 e. The van der Waals surface area contributed by atoms with Gasteiger partial charge in [-0.05, 0) is 75.8 Å². The highest BCUT2D eigenvalue weighted by molar-refractivity contribution is 4.91. The van der Waals surface area contributed by atoms with Gasteiger partial charge in [-0.1, -0.05) is 27.7 Å². The lowest BCUT2D eigenvalue weighted by Gasteiger charge is -2.45. The fraction of sp³-hybridized carbons (Fsp3) is 1.00. The SMILES string of the molecule is CCCNC1CC(C)CC(C)C1CN1CCC(C)CC1C. The number of piperidine rings is 1. The second kappa shape index (κ2) is 7.97. The van der Waals surface area contributed by atoms with Crippen LogP contribution in [-0.4, -0.2) is 36.6 Å². The number of nitrogens with zero attached hydrogens (tertiary/aromatic N) is 1. The molecule has 2 heteroatoms. The van der Waals surface area contributed by atoms with E-state index in [0.717, 1.165) is 35.8 Å². The fourth-order valence-corrected chi connectivity index (χ4v) is 4.78. The van der Waals surface area contributed by atoms with E-state index >= 15 is 0 Å². The van der Waals surface area contributed by atoms with Gasteiger partial charge in [0.2, 0.25) is 0 Å². The molecule has 2 fully saturated rings. The Kier molecular flexibility index (Phi) is 6.55. The van der Waals surface area contributed by atoms with Gasteiger partial charge in [0, 0.05) is 18.6 Å². The van der Waals surface area contributed by atoms with Gasteiger partial charge in [0.25, 0.3) is 0 Å². The second-order valence-corrected chi connectivity index (χ2v) is 8.25. The van der Waals surface area contributed by atoms with Gasteiger partial charge in [-0.15, -0.1) is 0 Å². The van der Waals surface area contributed by atoms with Crippen molar-refractivity contribution in [2.24, 2.45) is 23.7 Å². The van der Waals surface area contributed by atoms with E-state index in [-0.39, 0.29) is 0 Å². The first kappa shape index (κ1) is 17.3. The largest absolute Gasteiger partial charge is 0.314 e. The Morgan fingerprint density at radius 2 is 1.76 bits per heavy atom. The zero-order valence-corrected chi connectivity index (χ0v) is 15.1. The molecule has 2 nitrogen and oxygen atoms in total. The summed E-state index contributed by atoms with van der Waals surface area (Å²) in [5, 5.41) is 3.87. The van der Waals surface area contributed by atoms with Crippen molar-refractivity contribution in [3.05, 3.63) is 0 Å². The second-order valence-electron chi connectivity index (χ2n) is 8.25. The molecule has 1 saturated carbocycles. The molecule has 21 heavy (non-hydrogen) atoms. The molecule has 6 unspecified atom stereocenters. The van der Waals surface area contributed by atoms with Crippen LogP contribution in [0.3, 0.4) is 0 Å². The molecule has 0 spiro atoms. The van der Waals surface area contributed by atoms with Crippen LogP contribution < -0.4 is 5.32 Å². The van der Waals surface area contributed by atoms with E-state index < -0.39 is 0 Å². The van der Waals surface area contributed by atoms with Crippen molar-refractivity contribution in [1.82, 2.24) is 10.2 Å². The molecule has 1 aliphatic carbocycles. The maximum absolute atomic E-state index is 3.87. The minimum atomic E-state index is 0.746. The summed E-state index contributed by atoms with van der Waals surface area (Å²) in [7, 11) is 0. The summed E-state index contributed by atoms with van der Waals surface area (Å²) < 4.78 is 0. The Bertz CT molecular complexity index is 304. The summed E-state index contributed by atoms with van der Waals surface area (Å²) >= 11 is 0. The Balaban J connectivity index is 1.96. The molecule has 0 aromatic heterocycles. The Hall–Kier alpha value is -0.0800. The van der Waals surface area contributed by atoms with Gasteiger partial charge < -0.3 is 10.2 Å². The molecular weight excluding hydrogens is 256 g/mol. The summed E-state index contributed by atoms with van der Waals surface area (Å²) in [4.78, 5) is 2.79. The van der Waals surface area contributed by atoms with E-state index in [0.29, 0.717) is 0 Å². The van der Waals surface area contributed by atoms with Gasteiger partial charge in [-0.25, -0.2) is 0 Å². The third-order valence-electron chi connectivity index (χ3n) is 6.06. The van der Waals surface area contributed by atoms with Crippen molar-refractivity contribution >= 4 is 0 Å². The highest BCUT2D eigenvalue weighted by atomic mass is 15.2. The van der Waals surface area contributed by atoms with Crippen LogP contribution in [0.5, 0.6) is 0 Å². The lowest BCUT2D eigenvalue weighted by molar-refractivity contribution is 0.0567. The van der Waals surface area contributed by atoms with Crippen molar-refractivity contribution in [2.45, 2.75) is 78.8 Å². The monoisotopic (exact) mass is 294 g/mol. The average Bonchev–Trinajstić information content (AvgIpc) is 2.42. The molecule has 2 aliphatic rings. The summed E-state index contributed by atoms with van der Waals surface area (Å²) in [6, 6.07) is 1.53. The van der Waals surface area contributed by atoms with E-state index in [2.05, 4.69) is 44.8 Å². The lowest BCUT2D eigenvalue weighted by Crippen LogP contribution is -2.52. The zero-order chi connectivity index (χ0) is 15.4. The molecule has 0 bridgehead atoms. The Labute approximate surface area is 133 Å². The number of hydrogen-bond donors (Lipinski definition) is 1. The maximum atomic E-state index is 3.87. The predicted octanol–water partition coefficient (Wildman–Crippen LogP) is 4.16. The van der Waals surface area contributed by atoms with Crippen molar-refractivity contribution in [1.29, 1.82) is 0 Å². The van der Waals surface area contributed by atoms with Crippen LogP contribution in [0.15, 0.2) is 0 Å². The van der Waals surface area contributed by atoms with Gasteiger partial charge in [-0.2, -0.15) is 0 Å². The summed E-state index contributed by atoms with van der Waals surface area (Å²) in [5.41, 5.74) is 0. The first-order valence-corrected chi connectivity index (χ1v) is 9.48. The molecule has 0 radical (unpaired) electrons. The molecular formula is C19H38N2. The van der Waals surface area contributed by atoms with E-state index in [1.165, 1.54) is 51.7 Å². The molecule has 6 atom stereocenters. The van der Waals surface area contributed by atoms with Gasteiger partial charge in [0.05, 0.1) is 0 Å². The molecule has 1 saturated heterocycles. The topological polar surface area (TPSA) is 15.3 Å². The number of nitrogens with one attached hydrogen (secondary N) is 1. The smallest absolute Gasteiger partial charge is 0.0113 e. The van der Waals surface area contributed by atoms with Crippen molar-refractivity contribution in [3.8, 4) is 0 Å².